The Bertz CT molecular complexity index is 462. The fourth-order valence-corrected chi connectivity index (χ4v) is 3.04. The van der Waals surface area contributed by atoms with Crippen molar-refractivity contribution in [1.29, 1.82) is 0 Å². The van der Waals surface area contributed by atoms with Crippen molar-refractivity contribution in [3.05, 3.63) is 16.9 Å². The lowest BCUT2D eigenvalue weighted by Crippen LogP contribution is -2.40. The number of Topliss-reactive ketones (excluding diaryl/α,β-unsaturated/α-hetero) is 1. The summed E-state index contributed by atoms with van der Waals surface area (Å²) in [6.07, 6.45) is 5.15. The smallest absolute Gasteiger partial charge is 0.214 e. The minimum atomic E-state index is -0.689. The van der Waals surface area contributed by atoms with Crippen molar-refractivity contribution in [2.24, 2.45) is 0 Å². The molecule has 0 unspecified atom stereocenters. The summed E-state index contributed by atoms with van der Waals surface area (Å²) in [4.78, 5) is 12.9. The number of nitrogens with zero attached hydrogens (tertiary/aromatic N) is 2. The molecule has 0 aliphatic heterocycles. The molecule has 0 spiro atoms. The second-order valence-electron chi connectivity index (χ2n) is 5.34. The number of ketones is 1. The summed E-state index contributed by atoms with van der Waals surface area (Å²) in [5.74, 6) is -0.0111. The number of carbonyl (C=O) groups excluding carboxylic acids is 1. The van der Waals surface area contributed by atoms with Crippen LogP contribution < -0.4 is 0 Å². The van der Waals surface area contributed by atoms with Crippen LogP contribution in [-0.2, 0) is 4.74 Å². The molecule has 1 heterocycles. The molecule has 4 nitrogen and oxygen atoms in total. The highest BCUT2D eigenvalue weighted by molar-refractivity contribution is 6.34. The highest BCUT2D eigenvalue weighted by Crippen LogP contribution is 2.37. The standard InChI is InChI=1S/C14H21ClN2O2/c1-4-19-14(7-5-6-8-14)13(18)12-11(15)9-16-17(12)10(2)3/h9-10H,4-8H2,1-3H3. The van der Waals surface area contributed by atoms with Crippen molar-refractivity contribution >= 4 is 17.4 Å². The molecule has 2 rings (SSSR count). The molecule has 0 aromatic carbocycles. The first-order chi connectivity index (χ1) is 9.02. The van der Waals surface area contributed by atoms with Crippen LogP contribution in [0.4, 0.5) is 0 Å². The number of hydrogen-bond donors (Lipinski definition) is 0. The topological polar surface area (TPSA) is 44.1 Å². The summed E-state index contributed by atoms with van der Waals surface area (Å²) in [5.41, 5.74) is -0.197. The predicted octanol–water partition coefficient (Wildman–Crippen LogP) is 3.65. The minimum Gasteiger partial charge on any atom is -0.367 e. The zero-order valence-electron chi connectivity index (χ0n) is 11.8. The summed E-state index contributed by atoms with van der Waals surface area (Å²) in [6.45, 7) is 6.44. The van der Waals surface area contributed by atoms with Gasteiger partial charge in [0.15, 0.2) is 0 Å². The van der Waals surface area contributed by atoms with Crippen molar-refractivity contribution in [3.63, 3.8) is 0 Å². The Labute approximate surface area is 119 Å². The molecular formula is C14H21ClN2O2. The molecule has 0 N–H and O–H groups in total. The highest BCUT2D eigenvalue weighted by atomic mass is 35.5. The van der Waals surface area contributed by atoms with Crippen molar-refractivity contribution in [2.75, 3.05) is 6.61 Å². The normalized spacial score (nSPS) is 18.2. The third-order valence-corrected chi connectivity index (χ3v) is 3.98. The number of carbonyl (C=O) groups is 1. The lowest BCUT2D eigenvalue weighted by molar-refractivity contribution is -0.0171. The van der Waals surface area contributed by atoms with Crippen LogP contribution in [0, 0.1) is 0 Å². The molecule has 0 saturated heterocycles. The van der Waals surface area contributed by atoms with Gasteiger partial charge in [-0.1, -0.05) is 11.6 Å². The van der Waals surface area contributed by atoms with E-state index in [1.807, 2.05) is 20.8 Å². The first kappa shape index (κ1) is 14.5. The van der Waals surface area contributed by atoms with Crippen molar-refractivity contribution in [1.82, 2.24) is 9.78 Å². The Kier molecular flexibility index (Phi) is 4.31. The first-order valence-corrected chi connectivity index (χ1v) is 7.31. The van der Waals surface area contributed by atoms with Crippen LogP contribution in [0.25, 0.3) is 0 Å². The molecule has 19 heavy (non-hydrogen) atoms. The largest absolute Gasteiger partial charge is 0.367 e. The molecule has 5 heteroatoms. The van der Waals surface area contributed by atoms with Gasteiger partial charge >= 0.3 is 0 Å². The van der Waals surface area contributed by atoms with E-state index in [4.69, 9.17) is 16.3 Å². The van der Waals surface area contributed by atoms with Crippen LogP contribution in [0.1, 0.15) is 63.0 Å². The average Bonchev–Trinajstić information content (AvgIpc) is 2.96. The Hall–Kier alpha value is -0.870. The Morgan fingerprint density at radius 3 is 2.68 bits per heavy atom. The Balaban J connectivity index is 2.40. The Morgan fingerprint density at radius 2 is 2.16 bits per heavy atom. The van der Waals surface area contributed by atoms with Gasteiger partial charge in [-0.05, 0) is 46.5 Å². The van der Waals surface area contributed by atoms with Gasteiger partial charge in [-0.2, -0.15) is 5.10 Å². The quantitative estimate of drug-likeness (QED) is 0.775. The third-order valence-electron chi connectivity index (χ3n) is 3.70. The third kappa shape index (κ3) is 2.56. The van der Waals surface area contributed by atoms with E-state index in [1.165, 1.54) is 0 Å². The van der Waals surface area contributed by atoms with Gasteiger partial charge in [0.05, 0.1) is 11.2 Å². The van der Waals surface area contributed by atoms with Crippen molar-refractivity contribution in [3.8, 4) is 0 Å². The molecule has 1 fully saturated rings. The van der Waals surface area contributed by atoms with Crippen LogP contribution in [0.3, 0.4) is 0 Å². The summed E-state index contributed by atoms with van der Waals surface area (Å²) >= 11 is 6.16. The SMILES string of the molecule is CCOC1(C(=O)c2c(Cl)cnn2C(C)C)CCCC1. The lowest BCUT2D eigenvalue weighted by atomic mass is 9.93. The summed E-state index contributed by atoms with van der Waals surface area (Å²) in [5, 5.41) is 4.63. The van der Waals surface area contributed by atoms with E-state index in [-0.39, 0.29) is 11.8 Å². The van der Waals surface area contributed by atoms with Gasteiger partial charge in [0.2, 0.25) is 5.78 Å². The number of hydrogen-bond acceptors (Lipinski definition) is 3. The second kappa shape index (κ2) is 5.63. The number of ether oxygens (including phenoxy) is 1. The first-order valence-electron chi connectivity index (χ1n) is 6.93. The van der Waals surface area contributed by atoms with Gasteiger partial charge in [-0.15, -0.1) is 0 Å². The van der Waals surface area contributed by atoms with Gasteiger partial charge in [-0.3, -0.25) is 9.48 Å². The minimum absolute atomic E-state index is 0.0111. The molecule has 1 aliphatic rings. The van der Waals surface area contributed by atoms with Crippen LogP contribution in [0.2, 0.25) is 5.02 Å². The zero-order chi connectivity index (χ0) is 14.0. The number of halogens is 1. The highest BCUT2D eigenvalue weighted by Gasteiger charge is 2.44. The van der Waals surface area contributed by atoms with Gasteiger partial charge in [0, 0.05) is 12.6 Å². The van der Waals surface area contributed by atoms with Gasteiger partial charge in [0.1, 0.15) is 11.3 Å². The van der Waals surface area contributed by atoms with E-state index in [1.54, 1.807) is 10.9 Å². The molecular weight excluding hydrogens is 264 g/mol. The van der Waals surface area contributed by atoms with Crippen LogP contribution >= 0.6 is 11.6 Å². The van der Waals surface area contributed by atoms with Gasteiger partial charge < -0.3 is 4.74 Å². The van der Waals surface area contributed by atoms with Crippen molar-refractivity contribution < 1.29 is 9.53 Å². The maximum absolute atomic E-state index is 12.9. The molecule has 0 radical (unpaired) electrons. The maximum atomic E-state index is 12.9. The lowest BCUT2D eigenvalue weighted by Gasteiger charge is -2.28. The predicted molar refractivity (Wildman–Crippen MR) is 74.8 cm³/mol. The second-order valence-corrected chi connectivity index (χ2v) is 5.75. The average molecular weight is 285 g/mol. The maximum Gasteiger partial charge on any atom is 0.214 e. The number of rotatable bonds is 5. The van der Waals surface area contributed by atoms with E-state index < -0.39 is 5.60 Å². The zero-order valence-corrected chi connectivity index (χ0v) is 12.5. The molecule has 1 aliphatic carbocycles. The van der Waals surface area contributed by atoms with E-state index in [2.05, 4.69) is 5.10 Å². The van der Waals surface area contributed by atoms with Gasteiger partial charge in [0.25, 0.3) is 0 Å². The summed E-state index contributed by atoms with van der Waals surface area (Å²) in [6, 6.07) is 0.103. The fourth-order valence-electron chi connectivity index (χ4n) is 2.82. The van der Waals surface area contributed by atoms with Gasteiger partial charge in [-0.25, -0.2) is 0 Å². The van der Waals surface area contributed by atoms with Crippen molar-refractivity contribution in [2.45, 2.75) is 58.1 Å². The van der Waals surface area contributed by atoms with E-state index in [0.717, 1.165) is 25.7 Å². The van der Waals surface area contributed by atoms with E-state index >= 15 is 0 Å². The van der Waals surface area contributed by atoms with E-state index in [9.17, 15) is 4.79 Å². The molecule has 1 saturated carbocycles. The van der Waals surface area contributed by atoms with E-state index in [0.29, 0.717) is 17.3 Å². The van der Waals surface area contributed by atoms with Crippen LogP contribution in [0.15, 0.2) is 6.20 Å². The summed E-state index contributed by atoms with van der Waals surface area (Å²) in [7, 11) is 0. The monoisotopic (exact) mass is 284 g/mol. The molecule has 1 aromatic heterocycles. The molecule has 0 amide bonds. The van der Waals surface area contributed by atoms with Crippen LogP contribution in [-0.4, -0.2) is 27.8 Å². The van der Waals surface area contributed by atoms with Crippen LogP contribution in [0.5, 0.6) is 0 Å². The molecule has 106 valence electrons. The molecule has 0 atom stereocenters. The molecule has 0 bridgehead atoms. The molecule has 1 aromatic rings. The Morgan fingerprint density at radius 1 is 1.53 bits per heavy atom. The number of aromatic nitrogens is 2. The fraction of sp³-hybridized carbons (Fsp3) is 0.714. The summed E-state index contributed by atoms with van der Waals surface area (Å²) < 4.78 is 7.51.